The van der Waals surface area contributed by atoms with Crippen LogP contribution in [0.1, 0.15) is 34.0 Å². The van der Waals surface area contributed by atoms with E-state index in [4.69, 9.17) is 0 Å². The molecule has 0 aliphatic carbocycles. The highest BCUT2D eigenvalue weighted by Crippen LogP contribution is 2.30. The van der Waals surface area contributed by atoms with Crippen LogP contribution in [0.4, 0.5) is 0 Å². The van der Waals surface area contributed by atoms with Crippen molar-refractivity contribution in [3.8, 4) is 11.3 Å². The molecule has 0 radical (unpaired) electrons. The van der Waals surface area contributed by atoms with E-state index in [0.29, 0.717) is 6.04 Å². The standard InChI is InChI=1S/C30H33N3/c1-23-13-15-25(16-14-23)29-21-28(24(2)31-29)22-32-17-19-33(20-18-32)30(26-9-5-3-6-10-26)27-11-7-4-8-12-27/h3-16,21,30-31H,17-20,22H2,1-2H3. The molecule has 3 nitrogen and oxygen atoms in total. The van der Waals surface area contributed by atoms with Crippen LogP contribution < -0.4 is 0 Å². The van der Waals surface area contributed by atoms with Crippen LogP contribution in [-0.4, -0.2) is 41.0 Å². The molecule has 0 saturated carbocycles. The summed E-state index contributed by atoms with van der Waals surface area (Å²) in [7, 11) is 0. The molecule has 168 valence electrons. The minimum absolute atomic E-state index is 0.316. The first-order valence-electron chi connectivity index (χ1n) is 12.0. The monoisotopic (exact) mass is 435 g/mol. The van der Waals surface area contributed by atoms with Gasteiger partial charge < -0.3 is 4.98 Å². The number of hydrogen-bond donors (Lipinski definition) is 1. The third kappa shape index (κ3) is 4.95. The molecule has 0 unspecified atom stereocenters. The Balaban J connectivity index is 1.27. The summed E-state index contributed by atoms with van der Waals surface area (Å²) in [5.41, 5.74) is 9.20. The molecule has 0 bridgehead atoms. The third-order valence-electron chi connectivity index (χ3n) is 6.88. The lowest BCUT2D eigenvalue weighted by atomic mass is 9.96. The first-order chi connectivity index (χ1) is 16.2. The Bertz CT molecular complexity index is 1110. The predicted octanol–water partition coefficient (Wildman–Crippen LogP) is 6.21. The van der Waals surface area contributed by atoms with E-state index < -0.39 is 0 Å². The summed E-state index contributed by atoms with van der Waals surface area (Å²) in [6.45, 7) is 9.65. The normalized spacial score (nSPS) is 15.2. The minimum Gasteiger partial charge on any atom is -0.358 e. The van der Waals surface area contributed by atoms with Crippen LogP contribution >= 0.6 is 0 Å². The van der Waals surface area contributed by atoms with E-state index in [9.17, 15) is 0 Å². The van der Waals surface area contributed by atoms with Gasteiger partial charge in [0.05, 0.1) is 6.04 Å². The Morgan fingerprint density at radius 3 is 1.88 bits per heavy atom. The Morgan fingerprint density at radius 1 is 0.727 bits per heavy atom. The highest BCUT2D eigenvalue weighted by molar-refractivity contribution is 5.61. The van der Waals surface area contributed by atoms with Crippen molar-refractivity contribution in [3.63, 3.8) is 0 Å². The lowest BCUT2D eigenvalue weighted by Gasteiger charge is -2.39. The topological polar surface area (TPSA) is 22.3 Å². The van der Waals surface area contributed by atoms with Crippen molar-refractivity contribution < 1.29 is 0 Å². The number of H-pyrrole nitrogens is 1. The maximum absolute atomic E-state index is 3.60. The predicted molar refractivity (Wildman–Crippen MR) is 137 cm³/mol. The molecular formula is C30H33N3. The van der Waals surface area contributed by atoms with Gasteiger partial charge in [0, 0.05) is 44.1 Å². The summed E-state index contributed by atoms with van der Waals surface area (Å²) < 4.78 is 0. The van der Waals surface area contributed by atoms with Crippen LogP contribution in [0.25, 0.3) is 11.3 Å². The number of nitrogens with one attached hydrogen (secondary N) is 1. The Hall–Kier alpha value is -3.14. The van der Waals surface area contributed by atoms with Gasteiger partial charge in [0.2, 0.25) is 0 Å². The average molecular weight is 436 g/mol. The van der Waals surface area contributed by atoms with Gasteiger partial charge in [0.1, 0.15) is 0 Å². The van der Waals surface area contributed by atoms with E-state index in [1.165, 1.54) is 39.2 Å². The lowest BCUT2D eigenvalue weighted by molar-refractivity contribution is 0.105. The second-order valence-electron chi connectivity index (χ2n) is 9.24. The van der Waals surface area contributed by atoms with E-state index in [0.717, 1.165) is 32.7 Å². The molecule has 0 amide bonds. The number of piperazine rings is 1. The number of aromatic amines is 1. The van der Waals surface area contributed by atoms with Crippen LogP contribution in [0.15, 0.2) is 91.0 Å². The quantitative estimate of drug-likeness (QED) is 0.389. The summed E-state index contributed by atoms with van der Waals surface area (Å²) >= 11 is 0. The number of aryl methyl sites for hydroxylation is 2. The zero-order valence-corrected chi connectivity index (χ0v) is 19.7. The fourth-order valence-electron chi connectivity index (χ4n) is 4.96. The van der Waals surface area contributed by atoms with Gasteiger partial charge in [-0.3, -0.25) is 9.80 Å². The number of nitrogens with zero attached hydrogens (tertiary/aromatic N) is 2. The van der Waals surface area contributed by atoms with Gasteiger partial charge in [-0.1, -0.05) is 90.5 Å². The fraction of sp³-hybridized carbons (Fsp3) is 0.267. The number of aromatic nitrogens is 1. The molecule has 0 atom stereocenters. The van der Waals surface area contributed by atoms with Gasteiger partial charge >= 0.3 is 0 Å². The van der Waals surface area contributed by atoms with Crippen LogP contribution in [0.2, 0.25) is 0 Å². The maximum Gasteiger partial charge on any atom is 0.0602 e. The summed E-state index contributed by atoms with van der Waals surface area (Å²) in [4.78, 5) is 8.84. The SMILES string of the molecule is Cc1ccc(-c2cc(CN3CCN(C(c4ccccc4)c4ccccc4)CC3)c(C)[nH]2)cc1. The van der Waals surface area contributed by atoms with E-state index in [2.05, 4.69) is 120 Å². The smallest absolute Gasteiger partial charge is 0.0602 e. The molecule has 1 fully saturated rings. The van der Waals surface area contributed by atoms with Crippen molar-refractivity contribution in [1.29, 1.82) is 0 Å². The van der Waals surface area contributed by atoms with Gasteiger partial charge in [-0.15, -0.1) is 0 Å². The number of rotatable bonds is 6. The number of benzene rings is 3. The summed E-state index contributed by atoms with van der Waals surface area (Å²) in [6.07, 6.45) is 0. The molecule has 3 aromatic carbocycles. The average Bonchev–Trinajstić information content (AvgIpc) is 3.22. The van der Waals surface area contributed by atoms with Crippen molar-refractivity contribution >= 4 is 0 Å². The molecule has 4 aromatic rings. The highest BCUT2D eigenvalue weighted by Gasteiger charge is 2.26. The molecule has 33 heavy (non-hydrogen) atoms. The van der Waals surface area contributed by atoms with Crippen LogP contribution in [0, 0.1) is 13.8 Å². The number of hydrogen-bond acceptors (Lipinski definition) is 2. The molecule has 1 saturated heterocycles. The summed E-state index contributed by atoms with van der Waals surface area (Å²) in [5, 5.41) is 0. The zero-order valence-electron chi connectivity index (χ0n) is 19.7. The molecule has 0 spiro atoms. The first kappa shape index (κ1) is 21.7. The molecule has 1 N–H and O–H groups in total. The lowest BCUT2D eigenvalue weighted by Crippen LogP contribution is -2.47. The highest BCUT2D eigenvalue weighted by atomic mass is 15.3. The Kier molecular flexibility index (Phi) is 6.43. The van der Waals surface area contributed by atoms with Crippen molar-refractivity contribution in [3.05, 3.63) is 119 Å². The van der Waals surface area contributed by atoms with Gasteiger partial charge in [0.25, 0.3) is 0 Å². The Labute approximate surface area is 197 Å². The van der Waals surface area contributed by atoms with E-state index in [-0.39, 0.29) is 0 Å². The van der Waals surface area contributed by atoms with Gasteiger partial charge in [-0.2, -0.15) is 0 Å². The molecule has 3 heteroatoms. The van der Waals surface area contributed by atoms with Crippen molar-refractivity contribution in [1.82, 2.24) is 14.8 Å². The van der Waals surface area contributed by atoms with Crippen molar-refractivity contribution in [2.24, 2.45) is 0 Å². The summed E-state index contributed by atoms with van der Waals surface area (Å²) in [5.74, 6) is 0. The molecule has 1 aliphatic rings. The van der Waals surface area contributed by atoms with Gasteiger partial charge in [0.15, 0.2) is 0 Å². The van der Waals surface area contributed by atoms with E-state index >= 15 is 0 Å². The Morgan fingerprint density at radius 2 is 1.30 bits per heavy atom. The second kappa shape index (κ2) is 9.78. The maximum atomic E-state index is 3.60. The van der Waals surface area contributed by atoms with Crippen molar-refractivity contribution in [2.75, 3.05) is 26.2 Å². The molecular weight excluding hydrogens is 402 g/mol. The fourth-order valence-corrected chi connectivity index (χ4v) is 4.96. The van der Waals surface area contributed by atoms with Crippen molar-refractivity contribution in [2.45, 2.75) is 26.4 Å². The van der Waals surface area contributed by atoms with E-state index in [1.54, 1.807) is 0 Å². The zero-order chi connectivity index (χ0) is 22.6. The molecule has 2 heterocycles. The van der Waals surface area contributed by atoms with Crippen LogP contribution in [0.3, 0.4) is 0 Å². The summed E-state index contributed by atoms with van der Waals surface area (Å²) in [6, 6.07) is 33.3. The van der Waals surface area contributed by atoms with Gasteiger partial charge in [-0.05, 0) is 42.2 Å². The van der Waals surface area contributed by atoms with Crippen LogP contribution in [-0.2, 0) is 6.54 Å². The molecule has 1 aliphatic heterocycles. The molecule has 5 rings (SSSR count). The van der Waals surface area contributed by atoms with Crippen LogP contribution in [0.5, 0.6) is 0 Å². The minimum atomic E-state index is 0.316. The van der Waals surface area contributed by atoms with E-state index in [1.807, 2.05) is 0 Å². The van der Waals surface area contributed by atoms with Gasteiger partial charge in [-0.25, -0.2) is 0 Å². The second-order valence-corrected chi connectivity index (χ2v) is 9.24. The first-order valence-corrected chi connectivity index (χ1v) is 12.0. The molecule has 1 aromatic heterocycles. The third-order valence-corrected chi connectivity index (χ3v) is 6.88. The largest absolute Gasteiger partial charge is 0.358 e.